The summed E-state index contributed by atoms with van der Waals surface area (Å²) in [7, 11) is 1.51. The molecule has 2 aliphatic heterocycles. The smallest absolute Gasteiger partial charge is 0.262 e. The molecule has 2 aromatic rings. The van der Waals surface area contributed by atoms with Crippen LogP contribution in [-0.4, -0.2) is 48.7 Å². The van der Waals surface area contributed by atoms with Crippen LogP contribution >= 0.6 is 0 Å². The van der Waals surface area contributed by atoms with E-state index in [-0.39, 0.29) is 5.91 Å². The number of amides is 4. The quantitative estimate of drug-likeness (QED) is 0.785. The average Bonchev–Trinajstić information content (AvgIpc) is 3.25. The van der Waals surface area contributed by atoms with Gasteiger partial charge in [-0.05, 0) is 36.8 Å². The molecular formula is C21H19N3O5. The fraction of sp³-hybridized carbons (Fsp3) is 0.238. The van der Waals surface area contributed by atoms with Crippen LogP contribution in [0.5, 0.6) is 5.75 Å². The van der Waals surface area contributed by atoms with E-state index < -0.39 is 24.3 Å². The molecule has 1 saturated heterocycles. The van der Waals surface area contributed by atoms with Crippen molar-refractivity contribution in [3.8, 4) is 5.75 Å². The third kappa shape index (κ3) is 3.33. The summed E-state index contributed by atoms with van der Waals surface area (Å²) < 4.78 is 5.33. The van der Waals surface area contributed by atoms with Gasteiger partial charge in [0.25, 0.3) is 11.8 Å². The van der Waals surface area contributed by atoms with Gasteiger partial charge in [0, 0.05) is 18.7 Å². The maximum Gasteiger partial charge on any atom is 0.262 e. The summed E-state index contributed by atoms with van der Waals surface area (Å²) in [5.41, 5.74) is 1.62. The number of hydrogen-bond donors (Lipinski definition) is 1. The lowest BCUT2D eigenvalue weighted by molar-refractivity contribution is -0.117. The first-order valence-corrected chi connectivity index (χ1v) is 9.23. The Morgan fingerprint density at radius 2 is 1.76 bits per heavy atom. The molecule has 0 saturated carbocycles. The molecule has 4 amide bonds. The number of ether oxygens (including phenoxy) is 1. The molecule has 29 heavy (non-hydrogen) atoms. The highest BCUT2D eigenvalue weighted by Gasteiger charge is 2.36. The van der Waals surface area contributed by atoms with E-state index in [0.29, 0.717) is 41.2 Å². The average molecular weight is 393 g/mol. The van der Waals surface area contributed by atoms with Gasteiger partial charge in [-0.3, -0.25) is 24.1 Å². The van der Waals surface area contributed by atoms with Crippen LogP contribution < -0.4 is 15.0 Å². The van der Waals surface area contributed by atoms with E-state index in [1.54, 1.807) is 47.4 Å². The summed E-state index contributed by atoms with van der Waals surface area (Å²) in [5, 5.41) is 2.69. The van der Waals surface area contributed by atoms with Gasteiger partial charge in [-0.25, -0.2) is 0 Å². The van der Waals surface area contributed by atoms with Gasteiger partial charge in [0.2, 0.25) is 11.8 Å². The zero-order chi connectivity index (χ0) is 20.5. The van der Waals surface area contributed by atoms with Gasteiger partial charge in [0.15, 0.2) is 0 Å². The minimum atomic E-state index is -0.511. The lowest BCUT2D eigenvalue weighted by atomic mass is 10.1. The number of hydrogen-bond acceptors (Lipinski definition) is 5. The maximum atomic E-state index is 12.5. The zero-order valence-corrected chi connectivity index (χ0v) is 15.8. The van der Waals surface area contributed by atoms with E-state index in [1.165, 1.54) is 7.11 Å². The summed E-state index contributed by atoms with van der Waals surface area (Å²) >= 11 is 0. The standard InChI is InChI=1S/C21H19N3O5/c1-29-17-9-8-13(11-16(17)23-10-4-7-19(23)26)22-18(25)12-24-20(27)14-5-2-3-6-15(14)21(24)28/h2-3,5-6,8-9,11H,4,7,10,12H2,1H3,(H,22,25). The molecule has 0 spiro atoms. The van der Waals surface area contributed by atoms with Crippen molar-refractivity contribution in [1.82, 2.24) is 4.90 Å². The first-order valence-electron chi connectivity index (χ1n) is 9.23. The predicted octanol–water partition coefficient (Wildman–Crippen LogP) is 2.06. The van der Waals surface area contributed by atoms with Gasteiger partial charge in [-0.2, -0.15) is 0 Å². The topological polar surface area (TPSA) is 96.0 Å². The Hall–Kier alpha value is -3.68. The number of carbonyl (C=O) groups is 4. The van der Waals surface area contributed by atoms with Crippen LogP contribution in [0.15, 0.2) is 42.5 Å². The first-order chi connectivity index (χ1) is 14.0. The number of nitrogens with zero attached hydrogens (tertiary/aromatic N) is 2. The Morgan fingerprint density at radius 1 is 1.07 bits per heavy atom. The number of fused-ring (bicyclic) bond motifs is 1. The normalized spacial score (nSPS) is 15.7. The van der Waals surface area contributed by atoms with Crippen molar-refractivity contribution in [3.05, 3.63) is 53.6 Å². The Bertz CT molecular complexity index is 998. The van der Waals surface area contributed by atoms with Crippen molar-refractivity contribution in [2.45, 2.75) is 12.8 Å². The van der Waals surface area contributed by atoms with Crippen molar-refractivity contribution in [2.24, 2.45) is 0 Å². The van der Waals surface area contributed by atoms with Crippen molar-refractivity contribution in [2.75, 3.05) is 30.4 Å². The molecule has 2 aliphatic rings. The summed E-state index contributed by atoms with van der Waals surface area (Å²) in [6, 6.07) is 11.4. The third-order valence-electron chi connectivity index (χ3n) is 5.01. The number of nitrogens with one attached hydrogen (secondary N) is 1. The fourth-order valence-corrected chi connectivity index (χ4v) is 3.61. The molecule has 4 rings (SSSR count). The van der Waals surface area contributed by atoms with Gasteiger partial charge in [0.1, 0.15) is 12.3 Å². The molecule has 2 aromatic carbocycles. The van der Waals surface area contributed by atoms with E-state index in [9.17, 15) is 19.2 Å². The number of rotatable bonds is 5. The highest BCUT2D eigenvalue weighted by atomic mass is 16.5. The highest BCUT2D eigenvalue weighted by molar-refractivity contribution is 6.22. The summed E-state index contributed by atoms with van der Waals surface area (Å²) in [6.45, 7) is 0.192. The molecule has 1 fully saturated rings. The van der Waals surface area contributed by atoms with Crippen molar-refractivity contribution in [3.63, 3.8) is 0 Å². The van der Waals surface area contributed by atoms with E-state index in [4.69, 9.17) is 4.74 Å². The first kappa shape index (κ1) is 18.7. The van der Waals surface area contributed by atoms with Gasteiger partial charge < -0.3 is 15.0 Å². The van der Waals surface area contributed by atoms with Crippen LogP contribution in [0.25, 0.3) is 0 Å². The van der Waals surface area contributed by atoms with E-state index in [2.05, 4.69) is 5.32 Å². The number of imide groups is 1. The number of anilines is 2. The highest BCUT2D eigenvalue weighted by Crippen LogP contribution is 2.34. The Morgan fingerprint density at radius 3 is 2.34 bits per heavy atom. The largest absolute Gasteiger partial charge is 0.495 e. The summed E-state index contributed by atoms with van der Waals surface area (Å²) in [6.07, 6.45) is 1.23. The predicted molar refractivity (Wildman–Crippen MR) is 105 cm³/mol. The molecule has 0 aromatic heterocycles. The monoisotopic (exact) mass is 393 g/mol. The van der Waals surface area contributed by atoms with Crippen LogP contribution in [-0.2, 0) is 9.59 Å². The Balaban J connectivity index is 1.50. The van der Waals surface area contributed by atoms with Crippen molar-refractivity contribution >= 4 is 35.0 Å². The second-order valence-electron chi connectivity index (χ2n) is 6.83. The van der Waals surface area contributed by atoms with Crippen LogP contribution in [0.1, 0.15) is 33.6 Å². The van der Waals surface area contributed by atoms with Gasteiger partial charge in [0.05, 0.1) is 23.9 Å². The maximum absolute atomic E-state index is 12.5. The lowest BCUT2D eigenvalue weighted by Gasteiger charge is -2.20. The molecule has 2 heterocycles. The Labute approximate surface area is 167 Å². The molecule has 0 aliphatic carbocycles. The molecule has 0 bridgehead atoms. The molecule has 1 N–H and O–H groups in total. The van der Waals surface area contributed by atoms with E-state index in [0.717, 1.165) is 11.3 Å². The van der Waals surface area contributed by atoms with Crippen molar-refractivity contribution < 1.29 is 23.9 Å². The fourth-order valence-electron chi connectivity index (χ4n) is 3.61. The summed E-state index contributed by atoms with van der Waals surface area (Å²) in [4.78, 5) is 51.9. The zero-order valence-electron chi connectivity index (χ0n) is 15.8. The van der Waals surface area contributed by atoms with Gasteiger partial charge >= 0.3 is 0 Å². The minimum Gasteiger partial charge on any atom is -0.495 e. The summed E-state index contributed by atoms with van der Waals surface area (Å²) in [5.74, 6) is -0.961. The number of methoxy groups -OCH3 is 1. The number of benzene rings is 2. The molecule has 0 unspecified atom stereocenters. The molecule has 0 radical (unpaired) electrons. The number of carbonyl (C=O) groups excluding carboxylic acids is 4. The third-order valence-corrected chi connectivity index (χ3v) is 5.01. The molecule has 148 valence electrons. The minimum absolute atomic E-state index is 0.00204. The SMILES string of the molecule is COc1ccc(NC(=O)CN2C(=O)c3ccccc3C2=O)cc1N1CCCC1=O. The van der Waals surface area contributed by atoms with Crippen LogP contribution in [0, 0.1) is 0 Å². The molecule has 8 heteroatoms. The molecule has 8 nitrogen and oxygen atoms in total. The Kier molecular flexibility index (Phi) is 4.75. The van der Waals surface area contributed by atoms with Gasteiger partial charge in [-0.15, -0.1) is 0 Å². The van der Waals surface area contributed by atoms with Gasteiger partial charge in [-0.1, -0.05) is 12.1 Å². The van der Waals surface area contributed by atoms with Crippen LogP contribution in [0.4, 0.5) is 11.4 Å². The van der Waals surface area contributed by atoms with Crippen molar-refractivity contribution in [1.29, 1.82) is 0 Å². The lowest BCUT2D eigenvalue weighted by Crippen LogP contribution is -2.37. The second-order valence-corrected chi connectivity index (χ2v) is 6.83. The molecule has 0 atom stereocenters. The van der Waals surface area contributed by atoms with E-state index >= 15 is 0 Å². The second kappa shape index (κ2) is 7.38. The molecular weight excluding hydrogens is 374 g/mol. The van der Waals surface area contributed by atoms with E-state index in [1.807, 2.05) is 0 Å². The van der Waals surface area contributed by atoms with Crippen LogP contribution in [0.2, 0.25) is 0 Å². The van der Waals surface area contributed by atoms with Crippen LogP contribution in [0.3, 0.4) is 0 Å².